The minimum Gasteiger partial charge on any atom is -0.480 e. The van der Waals surface area contributed by atoms with Crippen LogP contribution in [-0.4, -0.2) is 49.9 Å². The molecule has 2 amide bonds. The minimum absolute atomic E-state index is 0.115. The van der Waals surface area contributed by atoms with Crippen molar-refractivity contribution in [2.75, 3.05) is 12.4 Å². The molecular weight excluding hydrogens is 458 g/mol. The Labute approximate surface area is 210 Å². The van der Waals surface area contributed by atoms with E-state index in [1.165, 1.54) is 0 Å². The van der Waals surface area contributed by atoms with Crippen LogP contribution < -0.4 is 15.4 Å². The lowest BCUT2D eigenvalue weighted by atomic mass is 9.88. The Hall–Kier alpha value is -3.69. The number of ether oxygens (including phenoxy) is 1. The van der Waals surface area contributed by atoms with Gasteiger partial charge in [-0.3, -0.25) is 19.4 Å². The van der Waals surface area contributed by atoms with Crippen molar-refractivity contribution in [2.24, 2.45) is 17.8 Å². The zero-order valence-electron chi connectivity index (χ0n) is 21.2. The molecule has 3 aromatic heterocycles. The van der Waals surface area contributed by atoms with Crippen LogP contribution in [0.4, 0.5) is 5.82 Å². The van der Waals surface area contributed by atoms with Crippen LogP contribution in [0, 0.1) is 31.6 Å². The van der Waals surface area contributed by atoms with Crippen LogP contribution in [0.25, 0.3) is 11.1 Å². The van der Waals surface area contributed by atoms with Crippen molar-refractivity contribution in [1.29, 1.82) is 0 Å². The van der Waals surface area contributed by atoms with Gasteiger partial charge in [-0.1, -0.05) is 0 Å². The number of nitrogens with zero attached hydrogens (tertiary/aromatic N) is 4. The molecule has 0 spiro atoms. The van der Waals surface area contributed by atoms with Gasteiger partial charge < -0.3 is 15.4 Å². The number of methoxy groups -OCH3 is 1. The number of carbonyl (C=O) groups is 2. The third-order valence-corrected chi connectivity index (χ3v) is 7.24. The molecule has 0 saturated heterocycles. The summed E-state index contributed by atoms with van der Waals surface area (Å²) in [5.74, 6) is 1.27. The molecule has 0 aromatic carbocycles. The van der Waals surface area contributed by atoms with Crippen LogP contribution in [0.5, 0.6) is 5.88 Å². The summed E-state index contributed by atoms with van der Waals surface area (Å²) in [6.07, 6.45) is 5.99. The summed E-state index contributed by atoms with van der Waals surface area (Å²) in [5, 5.41) is 17.4. The molecule has 2 saturated carbocycles. The van der Waals surface area contributed by atoms with E-state index in [2.05, 4.69) is 30.9 Å². The number of pyridine rings is 1. The Morgan fingerprint density at radius 2 is 1.89 bits per heavy atom. The fourth-order valence-corrected chi connectivity index (χ4v) is 5.23. The second-order valence-electron chi connectivity index (χ2n) is 9.79. The molecular formula is C26H33N7O3. The van der Waals surface area contributed by atoms with Gasteiger partial charge >= 0.3 is 0 Å². The van der Waals surface area contributed by atoms with Crippen molar-refractivity contribution >= 4 is 17.6 Å². The van der Waals surface area contributed by atoms with Gasteiger partial charge in [-0.25, -0.2) is 0 Å². The van der Waals surface area contributed by atoms with E-state index in [1.807, 2.05) is 26.8 Å². The number of nitrogens with one attached hydrogen (secondary N) is 3. The Morgan fingerprint density at radius 1 is 1.17 bits per heavy atom. The fourth-order valence-electron chi connectivity index (χ4n) is 5.23. The number of anilines is 1. The van der Waals surface area contributed by atoms with Crippen LogP contribution in [0.15, 0.2) is 24.4 Å². The number of aromatic amines is 1. The van der Waals surface area contributed by atoms with Crippen molar-refractivity contribution in [3.63, 3.8) is 0 Å². The third-order valence-electron chi connectivity index (χ3n) is 7.24. The lowest BCUT2D eigenvalue weighted by molar-refractivity contribution is -0.119. The van der Waals surface area contributed by atoms with E-state index in [-0.39, 0.29) is 17.7 Å². The van der Waals surface area contributed by atoms with Gasteiger partial charge in [0.05, 0.1) is 12.8 Å². The van der Waals surface area contributed by atoms with Gasteiger partial charge in [0.2, 0.25) is 11.8 Å². The molecule has 2 aliphatic carbocycles. The Morgan fingerprint density at radius 3 is 2.47 bits per heavy atom. The Balaban J connectivity index is 1.40. The fraction of sp³-hybridized carbons (Fsp3) is 0.500. The molecule has 1 atom stereocenters. The molecule has 2 aliphatic rings. The largest absolute Gasteiger partial charge is 0.480 e. The molecule has 10 heteroatoms. The summed E-state index contributed by atoms with van der Waals surface area (Å²) in [6.45, 7) is 6.37. The number of aryl methyl sites for hydroxylation is 3. The van der Waals surface area contributed by atoms with E-state index in [1.54, 1.807) is 30.1 Å². The van der Waals surface area contributed by atoms with E-state index in [4.69, 9.17) is 4.74 Å². The van der Waals surface area contributed by atoms with Crippen LogP contribution in [0.2, 0.25) is 0 Å². The highest BCUT2D eigenvalue weighted by Gasteiger charge is 2.48. The molecule has 3 aromatic rings. The van der Waals surface area contributed by atoms with Crippen LogP contribution in [0.3, 0.4) is 0 Å². The molecule has 0 radical (unpaired) electrons. The summed E-state index contributed by atoms with van der Waals surface area (Å²) in [7, 11) is 1.55. The maximum absolute atomic E-state index is 13.7. The molecule has 3 heterocycles. The first kappa shape index (κ1) is 24.0. The zero-order valence-corrected chi connectivity index (χ0v) is 21.2. The molecule has 3 N–H and O–H groups in total. The highest BCUT2D eigenvalue weighted by atomic mass is 16.5. The van der Waals surface area contributed by atoms with Gasteiger partial charge in [0.15, 0.2) is 0 Å². The van der Waals surface area contributed by atoms with E-state index in [0.717, 1.165) is 48.2 Å². The number of rotatable bonds is 10. The van der Waals surface area contributed by atoms with E-state index < -0.39 is 6.04 Å². The first-order valence-electron chi connectivity index (χ1n) is 12.6. The second kappa shape index (κ2) is 9.75. The van der Waals surface area contributed by atoms with Gasteiger partial charge in [0.1, 0.15) is 17.6 Å². The lowest BCUT2D eigenvalue weighted by Gasteiger charge is -2.27. The maximum Gasteiger partial charge on any atom is 0.270 e. The summed E-state index contributed by atoms with van der Waals surface area (Å²) in [6, 6.07) is 4.67. The zero-order chi connectivity index (χ0) is 25.4. The number of hydrogen-bond acceptors (Lipinski definition) is 6. The quantitative estimate of drug-likeness (QED) is 0.398. The average Bonchev–Trinajstić information content (AvgIpc) is 3.81. The number of amides is 2. The maximum atomic E-state index is 13.7. The first-order chi connectivity index (χ1) is 17.4. The Bertz CT molecular complexity index is 1240. The van der Waals surface area contributed by atoms with Gasteiger partial charge in [-0.05, 0) is 82.4 Å². The van der Waals surface area contributed by atoms with E-state index >= 15 is 0 Å². The van der Waals surface area contributed by atoms with Crippen molar-refractivity contribution in [3.8, 4) is 17.0 Å². The van der Waals surface area contributed by atoms with Gasteiger partial charge in [-0.2, -0.15) is 15.2 Å². The molecule has 5 rings (SSSR count). The number of hydrogen-bond donors (Lipinski definition) is 3. The van der Waals surface area contributed by atoms with Crippen molar-refractivity contribution in [3.05, 3.63) is 41.5 Å². The molecule has 0 aliphatic heterocycles. The monoisotopic (exact) mass is 491 g/mol. The highest BCUT2D eigenvalue weighted by Crippen LogP contribution is 2.51. The molecule has 190 valence electrons. The first-order valence-corrected chi connectivity index (χ1v) is 12.6. The van der Waals surface area contributed by atoms with Crippen molar-refractivity contribution < 1.29 is 14.3 Å². The van der Waals surface area contributed by atoms with Crippen LogP contribution >= 0.6 is 0 Å². The van der Waals surface area contributed by atoms with Crippen LogP contribution in [0.1, 0.15) is 54.5 Å². The third kappa shape index (κ3) is 4.72. The number of H-pyrrole nitrogens is 1. The van der Waals surface area contributed by atoms with Gasteiger partial charge in [0, 0.05) is 29.6 Å². The second-order valence-corrected chi connectivity index (χ2v) is 9.79. The topological polar surface area (TPSA) is 127 Å². The lowest BCUT2D eigenvalue weighted by Crippen LogP contribution is -2.50. The van der Waals surface area contributed by atoms with Crippen molar-refractivity contribution in [1.82, 2.24) is 30.3 Å². The molecule has 2 fully saturated rings. The molecule has 10 nitrogen and oxygen atoms in total. The Kier molecular flexibility index (Phi) is 6.51. The summed E-state index contributed by atoms with van der Waals surface area (Å²) >= 11 is 0. The SMILES string of the molecule is CCn1nccc1C(=O)NC(C(=O)Nc1ccc(-c2c(C)n[nH]c2C)c(OC)n1)C(C1CC1)C1CC1. The normalized spacial score (nSPS) is 16.1. The minimum atomic E-state index is -0.649. The van der Waals surface area contributed by atoms with Gasteiger partial charge in [-0.15, -0.1) is 0 Å². The van der Waals surface area contributed by atoms with E-state index in [9.17, 15) is 9.59 Å². The predicted molar refractivity (Wildman–Crippen MR) is 135 cm³/mol. The van der Waals surface area contributed by atoms with Crippen LogP contribution in [-0.2, 0) is 11.3 Å². The number of carbonyl (C=O) groups excluding carboxylic acids is 2. The molecule has 36 heavy (non-hydrogen) atoms. The standard InChI is InChI=1S/C26H33N7O3/c1-5-33-19(12-13-27-33)24(34)30-23(22(16-6-7-16)17-8-9-17)25(35)28-20-11-10-18(26(29-20)36-4)21-14(2)31-32-15(21)3/h10-13,16-17,22-23H,5-9H2,1-4H3,(H,30,34)(H,31,32)(H,28,29,35). The summed E-state index contributed by atoms with van der Waals surface area (Å²) in [4.78, 5) is 31.4. The summed E-state index contributed by atoms with van der Waals surface area (Å²) < 4.78 is 7.20. The number of aromatic nitrogens is 5. The summed E-state index contributed by atoms with van der Waals surface area (Å²) in [5.41, 5.74) is 3.93. The average molecular weight is 492 g/mol. The highest BCUT2D eigenvalue weighted by molar-refractivity contribution is 6.00. The van der Waals surface area contributed by atoms with Gasteiger partial charge in [0.25, 0.3) is 5.91 Å². The smallest absolute Gasteiger partial charge is 0.270 e. The van der Waals surface area contributed by atoms with E-state index in [0.29, 0.717) is 35.8 Å². The predicted octanol–water partition coefficient (Wildman–Crippen LogP) is 3.49. The van der Waals surface area contributed by atoms with Crippen molar-refractivity contribution in [2.45, 2.75) is 59.0 Å². The molecule has 0 bridgehead atoms. The molecule has 1 unspecified atom stereocenters.